The fourth-order valence-corrected chi connectivity index (χ4v) is 2.21. The molecule has 0 bridgehead atoms. The Bertz CT molecular complexity index is 699. The smallest absolute Gasteiger partial charge is 0.330 e. The molecule has 0 unspecified atom stereocenters. The second-order valence-electron chi connectivity index (χ2n) is 6.76. The maximum Gasteiger partial charge on any atom is 0.330 e. The van der Waals surface area contributed by atoms with Gasteiger partial charge in [-0.3, -0.25) is 19.1 Å². The van der Waals surface area contributed by atoms with Crippen LogP contribution < -0.4 is 11.2 Å². The molecule has 8 nitrogen and oxygen atoms in total. The van der Waals surface area contributed by atoms with Crippen molar-refractivity contribution in [1.82, 2.24) is 9.55 Å². The molecule has 0 radical (unpaired) electrons. The number of aliphatic hydroxyl groups excluding tert-OH is 1. The summed E-state index contributed by atoms with van der Waals surface area (Å²) in [4.78, 5) is 37.2. The second kappa shape index (κ2) is 6.29. The number of H-pyrrole nitrogens is 1. The summed E-state index contributed by atoms with van der Waals surface area (Å²) in [6.45, 7) is 6.67. The van der Waals surface area contributed by atoms with Gasteiger partial charge in [-0.15, -0.1) is 0 Å². The Hall–Kier alpha value is -1.93. The number of aryl methyl sites for hydroxylation is 1. The molecule has 1 aliphatic rings. The maximum atomic E-state index is 11.9. The lowest BCUT2D eigenvalue weighted by atomic mass is 9.97. The molecule has 128 valence electrons. The molecule has 1 aliphatic heterocycles. The van der Waals surface area contributed by atoms with Gasteiger partial charge in [0.1, 0.15) is 18.9 Å². The van der Waals surface area contributed by atoms with E-state index in [4.69, 9.17) is 9.47 Å². The molecule has 0 amide bonds. The van der Waals surface area contributed by atoms with Crippen molar-refractivity contribution < 1.29 is 19.4 Å². The number of nitrogens with zero attached hydrogens (tertiary/aromatic N) is 1. The van der Waals surface area contributed by atoms with Crippen molar-refractivity contribution in [2.75, 3.05) is 6.61 Å². The number of aromatic nitrogens is 2. The van der Waals surface area contributed by atoms with E-state index in [0.29, 0.717) is 5.56 Å². The van der Waals surface area contributed by atoms with Crippen molar-refractivity contribution in [3.05, 3.63) is 32.6 Å². The normalized spacial score (nSPS) is 24.7. The van der Waals surface area contributed by atoms with Gasteiger partial charge in [-0.1, -0.05) is 0 Å². The van der Waals surface area contributed by atoms with Crippen LogP contribution in [0.3, 0.4) is 0 Å². The largest absolute Gasteiger partial charge is 0.462 e. The molecule has 8 heteroatoms. The van der Waals surface area contributed by atoms with E-state index in [1.807, 2.05) is 0 Å². The minimum atomic E-state index is -0.869. The predicted octanol–water partition coefficient (Wildman–Crippen LogP) is 0.0827. The summed E-state index contributed by atoms with van der Waals surface area (Å²) in [6, 6.07) is 0. The van der Waals surface area contributed by atoms with Crippen LogP contribution in [-0.2, 0) is 14.3 Å². The van der Waals surface area contributed by atoms with Crippen LogP contribution in [-0.4, -0.2) is 39.4 Å². The standard InChI is InChI=1S/C15H22N2O6/c1-8-6-17(14(21)16-12(8)19)11-5-9(18)10(23-11)7-22-13(20)15(2,3)4/h6,9-11,18H,5,7H2,1-4H3,(H,16,19,21)/t9-,10+,11+/m0/s1. The molecule has 2 heterocycles. The molecule has 1 saturated heterocycles. The quantitative estimate of drug-likeness (QED) is 0.761. The van der Waals surface area contributed by atoms with Crippen molar-refractivity contribution in [3.63, 3.8) is 0 Å². The lowest BCUT2D eigenvalue weighted by molar-refractivity contribution is -0.159. The molecule has 1 aromatic heterocycles. The SMILES string of the molecule is Cc1cn([C@H]2C[C@H](O)[C@@H](COC(=O)C(C)(C)C)O2)c(=O)[nH]c1=O. The first-order chi connectivity index (χ1) is 10.6. The number of carbonyl (C=O) groups excluding carboxylic acids is 1. The van der Waals surface area contributed by atoms with Gasteiger partial charge in [-0.05, 0) is 27.7 Å². The molecule has 1 aromatic rings. The first kappa shape index (κ1) is 17.4. The summed E-state index contributed by atoms with van der Waals surface area (Å²) in [6.07, 6.45) is -0.741. The van der Waals surface area contributed by atoms with Gasteiger partial charge >= 0.3 is 11.7 Å². The molecule has 0 saturated carbocycles. The lowest BCUT2D eigenvalue weighted by Crippen LogP contribution is -2.34. The average Bonchev–Trinajstić information content (AvgIpc) is 2.80. The molecular weight excluding hydrogens is 304 g/mol. The van der Waals surface area contributed by atoms with E-state index in [1.54, 1.807) is 27.7 Å². The zero-order valence-electron chi connectivity index (χ0n) is 13.7. The molecule has 3 atom stereocenters. The predicted molar refractivity (Wildman–Crippen MR) is 81.0 cm³/mol. The van der Waals surface area contributed by atoms with E-state index in [9.17, 15) is 19.5 Å². The summed E-state index contributed by atoms with van der Waals surface area (Å²) in [7, 11) is 0. The van der Waals surface area contributed by atoms with E-state index in [0.717, 1.165) is 0 Å². The zero-order valence-corrected chi connectivity index (χ0v) is 13.7. The Balaban J connectivity index is 2.07. The first-order valence-electron chi connectivity index (χ1n) is 7.42. The van der Waals surface area contributed by atoms with Crippen LogP contribution in [0.4, 0.5) is 0 Å². The molecule has 2 N–H and O–H groups in total. The number of carbonyl (C=O) groups is 1. The van der Waals surface area contributed by atoms with E-state index in [-0.39, 0.29) is 13.0 Å². The van der Waals surface area contributed by atoms with Crippen molar-refractivity contribution in [2.24, 2.45) is 5.41 Å². The van der Waals surface area contributed by atoms with Crippen LogP contribution in [0.2, 0.25) is 0 Å². The van der Waals surface area contributed by atoms with Crippen LogP contribution >= 0.6 is 0 Å². The van der Waals surface area contributed by atoms with Gasteiger partial charge in [-0.25, -0.2) is 4.79 Å². The van der Waals surface area contributed by atoms with Gasteiger partial charge in [0.2, 0.25) is 0 Å². The average molecular weight is 326 g/mol. The van der Waals surface area contributed by atoms with Gasteiger partial charge in [0.05, 0.1) is 11.5 Å². The van der Waals surface area contributed by atoms with E-state index >= 15 is 0 Å². The van der Waals surface area contributed by atoms with Crippen molar-refractivity contribution in [3.8, 4) is 0 Å². The van der Waals surface area contributed by atoms with Crippen LogP contribution in [0.1, 0.15) is 39.0 Å². The highest BCUT2D eigenvalue weighted by Crippen LogP contribution is 2.28. The number of hydrogen-bond donors (Lipinski definition) is 2. The highest BCUT2D eigenvalue weighted by Gasteiger charge is 2.37. The fourth-order valence-electron chi connectivity index (χ4n) is 2.21. The number of esters is 1. The van der Waals surface area contributed by atoms with E-state index < -0.39 is 41.1 Å². The molecule has 2 rings (SSSR count). The number of rotatable bonds is 3. The molecule has 0 spiro atoms. The molecule has 0 aromatic carbocycles. The maximum absolute atomic E-state index is 11.9. The minimum absolute atomic E-state index is 0.0924. The molecule has 0 aliphatic carbocycles. The number of ether oxygens (including phenoxy) is 2. The van der Waals surface area contributed by atoms with Crippen LogP contribution in [0.25, 0.3) is 0 Å². The molecular formula is C15H22N2O6. The van der Waals surface area contributed by atoms with Crippen molar-refractivity contribution in [1.29, 1.82) is 0 Å². The van der Waals surface area contributed by atoms with Crippen molar-refractivity contribution >= 4 is 5.97 Å². The number of aromatic amines is 1. The number of aliphatic hydroxyl groups is 1. The molecule has 23 heavy (non-hydrogen) atoms. The Morgan fingerprint density at radius 2 is 2.13 bits per heavy atom. The third-order valence-corrected chi connectivity index (χ3v) is 3.65. The van der Waals surface area contributed by atoms with Crippen LogP contribution in [0.5, 0.6) is 0 Å². The Morgan fingerprint density at radius 3 is 2.74 bits per heavy atom. The topological polar surface area (TPSA) is 111 Å². The Morgan fingerprint density at radius 1 is 1.48 bits per heavy atom. The third kappa shape index (κ3) is 3.89. The second-order valence-corrected chi connectivity index (χ2v) is 6.76. The van der Waals surface area contributed by atoms with Gasteiger partial charge in [0.25, 0.3) is 5.56 Å². The Labute approximate surface area is 133 Å². The summed E-state index contributed by atoms with van der Waals surface area (Å²) >= 11 is 0. The highest BCUT2D eigenvalue weighted by atomic mass is 16.6. The number of nitrogens with one attached hydrogen (secondary N) is 1. The zero-order chi connectivity index (χ0) is 17.4. The monoisotopic (exact) mass is 326 g/mol. The first-order valence-corrected chi connectivity index (χ1v) is 7.42. The fraction of sp³-hybridized carbons (Fsp3) is 0.667. The van der Waals surface area contributed by atoms with Crippen LogP contribution in [0, 0.1) is 12.3 Å². The minimum Gasteiger partial charge on any atom is -0.462 e. The van der Waals surface area contributed by atoms with Gasteiger partial charge in [0.15, 0.2) is 0 Å². The van der Waals surface area contributed by atoms with E-state index in [2.05, 4.69) is 4.98 Å². The van der Waals surface area contributed by atoms with E-state index in [1.165, 1.54) is 10.8 Å². The summed E-state index contributed by atoms with van der Waals surface area (Å²) in [5, 5.41) is 10.0. The summed E-state index contributed by atoms with van der Waals surface area (Å²) in [5.41, 5.74) is -1.34. The summed E-state index contributed by atoms with van der Waals surface area (Å²) in [5.74, 6) is -0.395. The Kier molecular flexibility index (Phi) is 4.76. The third-order valence-electron chi connectivity index (χ3n) is 3.65. The van der Waals surface area contributed by atoms with Crippen molar-refractivity contribution in [2.45, 2.75) is 52.6 Å². The van der Waals surface area contributed by atoms with Gasteiger partial charge < -0.3 is 14.6 Å². The van der Waals surface area contributed by atoms with Gasteiger partial charge in [0, 0.05) is 18.2 Å². The van der Waals surface area contributed by atoms with Gasteiger partial charge in [-0.2, -0.15) is 0 Å². The lowest BCUT2D eigenvalue weighted by Gasteiger charge is -2.20. The summed E-state index contributed by atoms with van der Waals surface area (Å²) < 4.78 is 12.0. The van der Waals surface area contributed by atoms with Crippen LogP contribution in [0.15, 0.2) is 15.8 Å². The number of hydrogen-bond acceptors (Lipinski definition) is 6. The highest BCUT2D eigenvalue weighted by molar-refractivity contribution is 5.75. The molecule has 1 fully saturated rings.